The third kappa shape index (κ3) is 6.10. The number of hydrogen-bond acceptors (Lipinski definition) is 10. The molecule has 5 heterocycles. The van der Waals surface area contributed by atoms with E-state index in [4.69, 9.17) is 9.47 Å². The molecule has 8 rings (SSSR count). The molecule has 250 valence electrons. The minimum absolute atomic E-state index is 0.252. The van der Waals surface area contributed by atoms with Gasteiger partial charge in [0.15, 0.2) is 5.82 Å². The maximum atomic E-state index is 14.6. The van der Waals surface area contributed by atoms with Gasteiger partial charge in [-0.05, 0) is 75.0 Å². The smallest absolute Gasteiger partial charge is 0.282 e. The lowest BCUT2D eigenvalue weighted by molar-refractivity contribution is -0.0851. The maximum absolute atomic E-state index is 14.6. The first kappa shape index (κ1) is 31.0. The van der Waals surface area contributed by atoms with Gasteiger partial charge in [-0.2, -0.15) is 0 Å². The molecule has 10 nitrogen and oxygen atoms in total. The van der Waals surface area contributed by atoms with Gasteiger partial charge >= 0.3 is 0 Å². The molecule has 3 aliphatic heterocycles. The third-order valence-corrected chi connectivity index (χ3v) is 11.6. The summed E-state index contributed by atoms with van der Waals surface area (Å²) >= 11 is 0. The number of piperidine rings is 1. The predicted molar refractivity (Wildman–Crippen MR) is 177 cm³/mol. The van der Waals surface area contributed by atoms with Crippen molar-refractivity contribution in [1.82, 2.24) is 34.9 Å². The monoisotopic (exact) mass is 642 g/mol. The largest absolute Gasteiger partial charge is 0.434 e. The zero-order valence-electron chi connectivity index (χ0n) is 27.9. The van der Waals surface area contributed by atoms with Gasteiger partial charge < -0.3 is 19.3 Å². The molecule has 1 unspecified atom stereocenters. The second kappa shape index (κ2) is 12.6. The van der Waals surface area contributed by atoms with Gasteiger partial charge in [0.2, 0.25) is 0 Å². The Morgan fingerprint density at radius 2 is 1.77 bits per heavy atom. The lowest BCUT2D eigenvalue weighted by Gasteiger charge is -2.58. The van der Waals surface area contributed by atoms with E-state index in [2.05, 4.69) is 53.7 Å². The molecule has 1 aromatic carbocycles. The van der Waals surface area contributed by atoms with Crippen molar-refractivity contribution >= 4 is 5.82 Å². The molecule has 1 atom stereocenters. The fourth-order valence-corrected chi connectivity index (χ4v) is 9.02. The highest BCUT2D eigenvalue weighted by atomic mass is 19.1. The Bertz CT molecular complexity index is 1570. The number of nitrogens with zero attached hydrogens (tertiary/aromatic N) is 8. The Kier molecular flexibility index (Phi) is 8.34. The van der Waals surface area contributed by atoms with Crippen LogP contribution in [-0.4, -0.2) is 99.5 Å². The maximum Gasteiger partial charge on any atom is 0.282 e. The molecule has 0 amide bonds. The minimum atomic E-state index is -0.338. The minimum Gasteiger partial charge on any atom is -0.434 e. The van der Waals surface area contributed by atoms with Crippen molar-refractivity contribution in [1.29, 1.82) is 0 Å². The summed E-state index contributed by atoms with van der Waals surface area (Å²) in [5, 5.41) is 8.44. The van der Waals surface area contributed by atoms with Crippen LogP contribution < -0.4 is 9.64 Å². The van der Waals surface area contributed by atoms with E-state index in [1.165, 1.54) is 57.2 Å². The average molecular weight is 643 g/mol. The zero-order chi connectivity index (χ0) is 32.1. The Balaban J connectivity index is 0.931. The van der Waals surface area contributed by atoms with E-state index in [1.54, 1.807) is 18.6 Å². The molecular weight excluding hydrogens is 595 g/mol. The molecule has 0 bridgehead atoms. The van der Waals surface area contributed by atoms with E-state index in [1.807, 2.05) is 7.11 Å². The molecule has 0 radical (unpaired) electrons. The van der Waals surface area contributed by atoms with Crippen molar-refractivity contribution in [3.05, 3.63) is 48.6 Å². The summed E-state index contributed by atoms with van der Waals surface area (Å²) in [6.07, 6.45) is 13.5. The van der Waals surface area contributed by atoms with Crippen LogP contribution >= 0.6 is 0 Å². The van der Waals surface area contributed by atoms with Gasteiger partial charge in [0, 0.05) is 87.1 Å². The van der Waals surface area contributed by atoms with Crippen molar-refractivity contribution in [3.63, 3.8) is 0 Å². The van der Waals surface area contributed by atoms with Gasteiger partial charge in [-0.1, -0.05) is 13.8 Å². The number of methoxy groups -OCH3 is 1. The molecule has 3 aromatic rings. The summed E-state index contributed by atoms with van der Waals surface area (Å²) in [7, 11) is 1.85. The Labute approximate surface area is 277 Å². The second-order valence-corrected chi connectivity index (χ2v) is 15.1. The van der Waals surface area contributed by atoms with Crippen LogP contribution in [0, 0.1) is 23.1 Å². The SMILES string of the molecule is COC1CCN(C2CC(C(C(C)C)N3CC4(CCN(c5ncnnc5Oc5ccc(F)cc5-c5cncnc5C5CC5)C4)C3)C2)CC1. The zero-order valence-corrected chi connectivity index (χ0v) is 27.9. The summed E-state index contributed by atoms with van der Waals surface area (Å²) in [5.74, 6) is 2.99. The van der Waals surface area contributed by atoms with Gasteiger partial charge in [0.1, 0.15) is 24.2 Å². The van der Waals surface area contributed by atoms with E-state index in [0.717, 1.165) is 68.7 Å². The van der Waals surface area contributed by atoms with Crippen molar-refractivity contribution in [3.8, 4) is 22.8 Å². The Morgan fingerprint density at radius 3 is 2.51 bits per heavy atom. The summed E-state index contributed by atoms with van der Waals surface area (Å²) in [4.78, 5) is 21.2. The second-order valence-electron chi connectivity index (χ2n) is 15.1. The topological polar surface area (TPSA) is 92.6 Å². The van der Waals surface area contributed by atoms with E-state index in [9.17, 15) is 4.39 Å². The third-order valence-electron chi connectivity index (χ3n) is 11.6. The standard InChI is InChI=1S/C36H47FN8O2/c1-23(2)33(25-14-27(15-25)43-11-8-28(46-3)9-12-43)45-19-36(20-45)10-13-44(18-36)34-35(42-41-22-40-34)47-31-7-6-26(37)16-29(31)30-17-38-21-39-32(30)24-4-5-24/h6-7,16-17,21-25,27-28,33H,4-5,8-15,18-20H2,1-3H3. The van der Waals surface area contributed by atoms with Gasteiger partial charge in [0.05, 0.1) is 11.8 Å². The summed E-state index contributed by atoms with van der Waals surface area (Å²) in [5.41, 5.74) is 2.61. The van der Waals surface area contributed by atoms with E-state index >= 15 is 0 Å². The highest BCUT2D eigenvalue weighted by molar-refractivity contribution is 5.73. The van der Waals surface area contributed by atoms with Crippen LogP contribution in [0.4, 0.5) is 10.2 Å². The molecule has 47 heavy (non-hydrogen) atoms. The lowest BCUT2D eigenvalue weighted by Crippen LogP contribution is -2.65. The summed E-state index contributed by atoms with van der Waals surface area (Å²) in [6, 6.07) is 5.95. The number of benzene rings is 1. The summed E-state index contributed by atoms with van der Waals surface area (Å²) < 4.78 is 26.6. The van der Waals surface area contributed by atoms with Crippen LogP contribution in [0.1, 0.15) is 70.4 Å². The average Bonchev–Trinajstić information content (AvgIpc) is 3.81. The van der Waals surface area contributed by atoms with Crippen LogP contribution in [-0.2, 0) is 4.74 Å². The quantitative estimate of drug-likeness (QED) is 0.280. The van der Waals surface area contributed by atoms with Crippen molar-refractivity contribution < 1.29 is 13.9 Å². The fourth-order valence-electron chi connectivity index (χ4n) is 9.02. The molecule has 5 aliphatic rings. The first-order chi connectivity index (χ1) is 22.9. The molecule has 3 saturated heterocycles. The highest BCUT2D eigenvalue weighted by Crippen LogP contribution is 2.49. The van der Waals surface area contributed by atoms with Crippen LogP contribution in [0.25, 0.3) is 11.1 Å². The van der Waals surface area contributed by atoms with Gasteiger partial charge in [-0.3, -0.25) is 4.90 Å². The molecule has 5 fully saturated rings. The Hall–Kier alpha value is -3.28. The fraction of sp³-hybridized carbons (Fsp3) is 0.639. The van der Waals surface area contributed by atoms with Gasteiger partial charge in [-0.15, -0.1) is 10.2 Å². The molecule has 0 N–H and O–H groups in total. The molecular formula is C36H47FN8O2. The molecule has 2 saturated carbocycles. The van der Waals surface area contributed by atoms with Crippen molar-refractivity contribution in [2.45, 2.75) is 82.9 Å². The first-order valence-electron chi connectivity index (χ1n) is 17.6. The molecule has 11 heteroatoms. The van der Waals surface area contributed by atoms with Crippen molar-refractivity contribution in [2.75, 3.05) is 51.3 Å². The van der Waals surface area contributed by atoms with Gasteiger partial charge in [0.25, 0.3) is 5.88 Å². The highest BCUT2D eigenvalue weighted by Gasteiger charge is 2.53. The number of halogens is 1. The van der Waals surface area contributed by atoms with Gasteiger partial charge in [-0.25, -0.2) is 19.3 Å². The van der Waals surface area contributed by atoms with Crippen LogP contribution in [0.3, 0.4) is 0 Å². The lowest BCUT2D eigenvalue weighted by atomic mass is 9.68. The number of rotatable bonds is 10. The normalized spacial score (nSPS) is 25.6. The number of ether oxygens (including phenoxy) is 2. The van der Waals surface area contributed by atoms with Crippen LogP contribution in [0.5, 0.6) is 11.6 Å². The number of aromatic nitrogens is 5. The van der Waals surface area contributed by atoms with E-state index in [0.29, 0.717) is 47.0 Å². The molecule has 2 aromatic heterocycles. The molecule has 2 aliphatic carbocycles. The first-order valence-corrected chi connectivity index (χ1v) is 17.6. The van der Waals surface area contributed by atoms with Crippen LogP contribution in [0.15, 0.2) is 37.1 Å². The van der Waals surface area contributed by atoms with E-state index < -0.39 is 0 Å². The molecule has 1 spiro atoms. The Morgan fingerprint density at radius 1 is 0.957 bits per heavy atom. The number of hydrogen-bond donors (Lipinski definition) is 0. The number of likely N-dealkylation sites (tertiary alicyclic amines) is 2. The van der Waals surface area contributed by atoms with Crippen LogP contribution in [0.2, 0.25) is 0 Å². The predicted octanol–water partition coefficient (Wildman–Crippen LogP) is 5.56. The summed E-state index contributed by atoms with van der Waals surface area (Å²) in [6.45, 7) is 11.2. The van der Waals surface area contributed by atoms with Crippen molar-refractivity contribution in [2.24, 2.45) is 17.3 Å². The number of anilines is 1. The van der Waals surface area contributed by atoms with E-state index in [-0.39, 0.29) is 11.2 Å².